The fourth-order valence-electron chi connectivity index (χ4n) is 5.32. The summed E-state index contributed by atoms with van der Waals surface area (Å²) in [5.41, 5.74) is 0.669. The van der Waals surface area contributed by atoms with Crippen LogP contribution in [0.25, 0.3) is 0 Å². The molecular formula is C30H29F3N2O5. The fourth-order valence-corrected chi connectivity index (χ4v) is 5.32. The van der Waals surface area contributed by atoms with Crippen molar-refractivity contribution in [2.24, 2.45) is 17.8 Å². The first-order valence-corrected chi connectivity index (χ1v) is 13.1. The van der Waals surface area contributed by atoms with Crippen molar-refractivity contribution >= 4 is 17.7 Å². The van der Waals surface area contributed by atoms with Crippen LogP contribution in [0.1, 0.15) is 44.2 Å². The maximum atomic E-state index is 13.1. The van der Waals surface area contributed by atoms with Crippen LogP contribution in [0.5, 0.6) is 0 Å². The van der Waals surface area contributed by atoms with Crippen molar-refractivity contribution in [3.8, 4) is 0 Å². The zero-order valence-corrected chi connectivity index (χ0v) is 21.8. The zero-order chi connectivity index (χ0) is 28.4. The molecule has 2 N–H and O–H groups in total. The lowest BCUT2D eigenvalue weighted by Gasteiger charge is -2.34. The SMILES string of the molecule is CC1=C(OC2=CCC(C(=O)Nc3cccc([C@H]4C=C(C(F)(F)F)C=CC4)n3)C=C2)C=C2OCCC(C(=O)O)C2C1. The highest BCUT2D eigenvalue weighted by Crippen LogP contribution is 2.40. The van der Waals surface area contributed by atoms with Gasteiger partial charge in [-0.1, -0.05) is 30.4 Å². The summed E-state index contributed by atoms with van der Waals surface area (Å²) in [7, 11) is 0. The van der Waals surface area contributed by atoms with Crippen LogP contribution < -0.4 is 5.32 Å². The number of halogens is 3. The molecule has 2 heterocycles. The van der Waals surface area contributed by atoms with Gasteiger partial charge in [-0.25, -0.2) is 4.98 Å². The van der Waals surface area contributed by atoms with Crippen molar-refractivity contribution < 1.29 is 37.3 Å². The number of fused-ring (bicyclic) bond motifs is 1. The Morgan fingerprint density at radius 3 is 2.75 bits per heavy atom. The number of carboxylic acids is 1. The Bertz CT molecular complexity index is 1390. The third-order valence-electron chi connectivity index (χ3n) is 7.51. The van der Waals surface area contributed by atoms with E-state index in [9.17, 15) is 27.9 Å². The average molecular weight is 555 g/mol. The van der Waals surface area contributed by atoms with Gasteiger partial charge in [-0.15, -0.1) is 0 Å². The standard InChI is InChI=1S/C30H29F3N2O5/c1-17-14-23-22(29(37)38)12-13-39-26(23)16-25(17)40-21-10-8-18(9-11-21)28(36)35-27-7-3-6-24(34-27)19-4-2-5-20(15-19)30(31,32)33/h2-3,5-8,10-11,15-16,18-19,22-23H,4,9,12-14H2,1H3,(H,37,38)(H,34,35,36)/t18?,19-,22?,23?/m1/s1. The van der Waals surface area contributed by atoms with Crippen molar-refractivity contribution in [1.82, 2.24) is 4.98 Å². The largest absolute Gasteiger partial charge is 0.497 e. The lowest BCUT2D eigenvalue weighted by atomic mass is 9.79. The highest BCUT2D eigenvalue weighted by molar-refractivity contribution is 5.93. The minimum Gasteiger partial charge on any atom is -0.497 e. The maximum absolute atomic E-state index is 13.1. The Morgan fingerprint density at radius 1 is 1.20 bits per heavy atom. The molecular weight excluding hydrogens is 525 g/mol. The van der Waals surface area contributed by atoms with Crippen molar-refractivity contribution in [3.63, 3.8) is 0 Å². The van der Waals surface area contributed by atoms with Gasteiger partial charge in [0, 0.05) is 23.6 Å². The van der Waals surface area contributed by atoms with E-state index in [2.05, 4.69) is 10.3 Å². The number of carboxylic acid groups (broad SMARTS) is 1. The summed E-state index contributed by atoms with van der Waals surface area (Å²) in [6.07, 6.45) is 8.08. The summed E-state index contributed by atoms with van der Waals surface area (Å²) >= 11 is 0. The van der Waals surface area contributed by atoms with Gasteiger partial charge in [0.2, 0.25) is 5.91 Å². The number of nitrogens with zero attached hydrogens (tertiary/aromatic N) is 1. The third-order valence-corrected chi connectivity index (χ3v) is 7.51. The van der Waals surface area contributed by atoms with E-state index in [1.165, 1.54) is 6.08 Å². The molecule has 1 aromatic rings. The van der Waals surface area contributed by atoms with Gasteiger partial charge in [0.05, 0.1) is 24.0 Å². The van der Waals surface area contributed by atoms with Crippen LogP contribution in [0.15, 0.2) is 89.2 Å². The highest BCUT2D eigenvalue weighted by Gasteiger charge is 2.38. The molecule has 1 aliphatic heterocycles. The molecule has 1 aromatic heterocycles. The molecule has 1 amide bonds. The van der Waals surface area contributed by atoms with Gasteiger partial charge in [-0.3, -0.25) is 9.59 Å². The molecule has 0 bridgehead atoms. The van der Waals surface area contributed by atoms with E-state index in [0.717, 1.165) is 17.7 Å². The van der Waals surface area contributed by atoms with E-state index in [-0.39, 0.29) is 17.6 Å². The number of rotatable bonds is 6. The first-order valence-electron chi connectivity index (χ1n) is 13.1. The van der Waals surface area contributed by atoms with Gasteiger partial charge in [0.1, 0.15) is 23.1 Å². The molecule has 10 heteroatoms. The predicted octanol–water partition coefficient (Wildman–Crippen LogP) is 6.33. The van der Waals surface area contributed by atoms with E-state index >= 15 is 0 Å². The normalized spacial score (nSPS) is 26.1. The Morgan fingerprint density at radius 2 is 2.02 bits per heavy atom. The van der Waals surface area contributed by atoms with Crippen molar-refractivity contribution in [2.45, 2.75) is 44.7 Å². The molecule has 40 heavy (non-hydrogen) atoms. The number of ether oxygens (including phenoxy) is 2. The number of hydrogen-bond acceptors (Lipinski definition) is 5. The number of aliphatic carboxylic acids is 1. The minimum absolute atomic E-state index is 0.202. The fraction of sp³-hybridized carbons (Fsp3) is 0.367. The van der Waals surface area contributed by atoms with E-state index in [4.69, 9.17) is 9.47 Å². The number of pyridine rings is 1. The smallest absolute Gasteiger partial charge is 0.416 e. The minimum atomic E-state index is -4.43. The Kier molecular flexibility index (Phi) is 7.69. The van der Waals surface area contributed by atoms with Crippen LogP contribution in [-0.4, -0.2) is 34.8 Å². The van der Waals surface area contributed by atoms with Gasteiger partial charge < -0.3 is 19.9 Å². The first kappa shape index (κ1) is 27.5. The van der Waals surface area contributed by atoms with E-state index < -0.39 is 35.5 Å². The van der Waals surface area contributed by atoms with Gasteiger partial charge in [0.25, 0.3) is 0 Å². The summed E-state index contributed by atoms with van der Waals surface area (Å²) in [6.45, 7) is 2.26. The van der Waals surface area contributed by atoms with E-state index in [0.29, 0.717) is 55.3 Å². The molecule has 0 radical (unpaired) electrons. The van der Waals surface area contributed by atoms with Crippen LogP contribution in [-0.2, 0) is 19.1 Å². The topological polar surface area (TPSA) is 97.8 Å². The van der Waals surface area contributed by atoms with Gasteiger partial charge >= 0.3 is 12.1 Å². The van der Waals surface area contributed by atoms with Gasteiger partial charge in [-0.2, -0.15) is 13.2 Å². The molecule has 4 atom stereocenters. The molecule has 1 saturated heterocycles. The summed E-state index contributed by atoms with van der Waals surface area (Å²) in [5.74, 6) is -0.731. The third kappa shape index (κ3) is 6.05. The number of nitrogens with one attached hydrogen (secondary N) is 1. The lowest BCUT2D eigenvalue weighted by molar-refractivity contribution is -0.146. The first-order chi connectivity index (χ1) is 19.1. The molecule has 1 fully saturated rings. The molecule has 0 aromatic carbocycles. The second kappa shape index (κ2) is 11.2. The number of alkyl halides is 3. The maximum Gasteiger partial charge on any atom is 0.416 e. The van der Waals surface area contributed by atoms with Crippen LogP contribution >= 0.6 is 0 Å². The second-order valence-corrected chi connectivity index (χ2v) is 10.3. The number of aromatic nitrogens is 1. The number of carbonyl (C=O) groups is 2. The molecule has 7 nitrogen and oxygen atoms in total. The van der Waals surface area contributed by atoms with Crippen LogP contribution in [0.2, 0.25) is 0 Å². The lowest BCUT2D eigenvalue weighted by Crippen LogP contribution is -2.33. The number of hydrogen-bond donors (Lipinski definition) is 2. The molecule has 0 spiro atoms. The van der Waals surface area contributed by atoms with E-state index in [1.807, 2.05) is 6.92 Å². The molecule has 210 valence electrons. The van der Waals surface area contributed by atoms with Crippen molar-refractivity contribution in [2.75, 3.05) is 11.9 Å². The number of anilines is 1. The molecule has 3 unspecified atom stereocenters. The second-order valence-electron chi connectivity index (χ2n) is 10.3. The zero-order valence-electron chi connectivity index (χ0n) is 21.8. The summed E-state index contributed by atoms with van der Waals surface area (Å²) < 4.78 is 51.2. The van der Waals surface area contributed by atoms with Gasteiger partial charge in [-0.05, 0) is 62.5 Å². The molecule has 5 rings (SSSR count). The van der Waals surface area contributed by atoms with Crippen LogP contribution in [0.3, 0.4) is 0 Å². The predicted molar refractivity (Wildman–Crippen MR) is 141 cm³/mol. The number of allylic oxidation sites excluding steroid dienone is 9. The number of amides is 1. The van der Waals surface area contributed by atoms with Crippen molar-refractivity contribution in [1.29, 1.82) is 0 Å². The van der Waals surface area contributed by atoms with E-state index in [1.54, 1.807) is 42.5 Å². The molecule has 3 aliphatic carbocycles. The highest BCUT2D eigenvalue weighted by atomic mass is 19.4. The Balaban J connectivity index is 1.19. The van der Waals surface area contributed by atoms with Gasteiger partial charge in [0.15, 0.2) is 0 Å². The molecule has 0 saturated carbocycles. The monoisotopic (exact) mass is 554 g/mol. The quantitative estimate of drug-likeness (QED) is 0.427. The van der Waals surface area contributed by atoms with Crippen LogP contribution in [0, 0.1) is 17.8 Å². The Labute approximate surface area is 229 Å². The van der Waals surface area contributed by atoms with Crippen LogP contribution in [0.4, 0.5) is 19.0 Å². The average Bonchev–Trinajstić information content (AvgIpc) is 2.93. The number of carbonyl (C=O) groups excluding carboxylic acids is 1. The molecule has 4 aliphatic rings. The van der Waals surface area contributed by atoms with Crippen molar-refractivity contribution in [3.05, 3.63) is 94.8 Å². The summed E-state index contributed by atoms with van der Waals surface area (Å²) in [4.78, 5) is 28.9. The Hall–Kier alpha value is -4.08. The summed E-state index contributed by atoms with van der Waals surface area (Å²) in [6, 6.07) is 4.91. The summed E-state index contributed by atoms with van der Waals surface area (Å²) in [5, 5.41) is 12.3.